The van der Waals surface area contributed by atoms with Crippen LogP contribution in [0.3, 0.4) is 0 Å². The van der Waals surface area contributed by atoms with Gasteiger partial charge in [-0.05, 0) is 57.2 Å². The Morgan fingerprint density at radius 1 is 1.07 bits per heavy atom. The normalized spacial score (nSPS) is 17.1. The van der Waals surface area contributed by atoms with Crippen LogP contribution in [-0.2, 0) is 4.79 Å². The van der Waals surface area contributed by atoms with Crippen LogP contribution in [0.4, 0.5) is 21.9 Å². The summed E-state index contributed by atoms with van der Waals surface area (Å²) in [6.45, 7) is 6.51. The topological polar surface area (TPSA) is 78.7 Å². The van der Waals surface area contributed by atoms with Gasteiger partial charge in [0.1, 0.15) is 0 Å². The van der Waals surface area contributed by atoms with E-state index in [1.807, 2.05) is 68.1 Å². The number of nitrogens with two attached hydrogens (primary N) is 1. The number of rotatable bonds is 3. The maximum absolute atomic E-state index is 13.1. The van der Waals surface area contributed by atoms with E-state index in [0.29, 0.717) is 24.3 Å². The number of nitrogen functional groups attached to an aromatic ring is 1. The SMILES string of the molecule is CC(C)(C)N1CC(NC(=O)N(c2ccccc2)c2ccc(N)cc2)CC1=O. The molecule has 1 atom stereocenters. The third-order valence-electron chi connectivity index (χ3n) is 4.63. The van der Waals surface area contributed by atoms with Crippen LogP contribution in [0.2, 0.25) is 0 Å². The molecule has 0 bridgehead atoms. The Kier molecular flexibility index (Phi) is 5.08. The Morgan fingerprint density at radius 3 is 2.22 bits per heavy atom. The summed E-state index contributed by atoms with van der Waals surface area (Å²) in [5.41, 5.74) is 7.62. The zero-order valence-corrected chi connectivity index (χ0v) is 16.0. The molecule has 1 saturated heterocycles. The molecule has 27 heavy (non-hydrogen) atoms. The van der Waals surface area contributed by atoms with Crippen molar-refractivity contribution in [2.24, 2.45) is 0 Å². The van der Waals surface area contributed by atoms with Gasteiger partial charge in [-0.15, -0.1) is 0 Å². The van der Waals surface area contributed by atoms with Gasteiger partial charge in [-0.2, -0.15) is 0 Å². The second-order valence-electron chi connectivity index (χ2n) is 7.79. The molecule has 0 saturated carbocycles. The largest absolute Gasteiger partial charge is 0.399 e. The van der Waals surface area contributed by atoms with E-state index in [0.717, 1.165) is 5.69 Å². The first-order valence-corrected chi connectivity index (χ1v) is 9.07. The summed E-state index contributed by atoms with van der Waals surface area (Å²) in [6, 6.07) is 16.1. The molecular formula is C21H26N4O2. The van der Waals surface area contributed by atoms with Crippen molar-refractivity contribution in [3.63, 3.8) is 0 Å². The van der Waals surface area contributed by atoms with E-state index in [9.17, 15) is 9.59 Å². The Bertz CT molecular complexity index is 812. The Balaban J connectivity index is 1.82. The van der Waals surface area contributed by atoms with Crippen molar-refractivity contribution in [3.05, 3.63) is 54.6 Å². The second kappa shape index (κ2) is 7.31. The van der Waals surface area contributed by atoms with Gasteiger partial charge in [0.05, 0.1) is 17.4 Å². The first kappa shape index (κ1) is 18.8. The van der Waals surface area contributed by atoms with Crippen LogP contribution in [-0.4, -0.2) is 35.0 Å². The minimum atomic E-state index is -0.264. The molecule has 1 aliphatic heterocycles. The molecule has 1 fully saturated rings. The molecule has 1 aliphatic rings. The van der Waals surface area contributed by atoms with Crippen molar-refractivity contribution in [2.45, 2.75) is 38.8 Å². The number of amides is 3. The quantitative estimate of drug-likeness (QED) is 0.816. The maximum atomic E-state index is 13.1. The minimum absolute atomic E-state index is 0.0616. The van der Waals surface area contributed by atoms with E-state index in [1.165, 1.54) is 0 Å². The highest BCUT2D eigenvalue weighted by atomic mass is 16.2. The highest BCUT2D eigenvalue weighted by molar-refractivity contribution is 6.00. The number of anilines is 3. The number of hydrogen-bond acceptors (Lipinski definition) is 3. The van der Waals surface area contributed by atoms with Gasteiger partial charge in [0.2, 0.25) is 5.91 Å². The number of para-hydroxylation sites is 1. The molecule has 6 heteroatoms. The van der Waals surface area contributed by atoms with Gasteiger partial charge in [0.25, 0.3) is 0 Å². The lowest BCUT2D eigenvalue weighted by Crippen LogP contribution is -2.46. The smallest absolute Gasteiger partial charge is 0.326 e. The third kappa shape index (κ3) is 4.22. The standard InChI is InChI=1S/C21H26N4O2/c1-21(2,3)24-14-16(13-19(24)26)23-20(27)25(17-7-5-4-6-8-17)18-11-9-15(22)10-12-18/h4-12,16H,13-14,22H2,1-3H3,(H,23,27). The van der Waals surface area contributed by atoms with Gasteiger partial charge >= 0.3 is 6.03 Å². The van der Waals surface area contributed by atoms with Crippen LogP contribution in [0.25, 0.3) is 0 Å². The van der Waals surface area contributed by atoms with Gasteiger partial charge in [0.15, 0.2) is 0 Å². The number of nitrogens with zero attached hydrogens (tertiary/aromatic N) is 2. The summed E-state index contributed by atoms with van der Waals surface area (Å²) in [4.78, 5) is 28.8. The van der Waals surface area contributed by atoms with Gasteiger partial charge in [-0.25, -0.2) is 4.79 Å². The van der Waals surface area contributed by atoms with E-state index in [1.54, 1.807) is 17.0 Å². The van der Waals surface area contributed by atoms with Gasteiger partial charge in [-0.1, -0.05) is 18.2 Å². The van der Waals surface area contributed by atoms with Crippen LogP contribution in [0.1, 0.15) is 27.2 Å². The highest BCUT2D eigenvalue weighted by Crippen LogP contribution is 2.27. The zero-order chi connectivity index (χ0) is 19.6. The van der Waals surface area contributed by atoms with E-state index in [4.69, 9.17) is 5.73 Å². The molecule has 2 aromatic rings. The predicted molar refractivity (Wildman–Crippen MR) is 108 cm³/mol. The summed E-state index contributed by atoms with van der Waals surface area (Å²) in [6.07, 6.45) is 0.313. The molecule has 6 nitrogen and oxygen atoms in total. The summed E-state index contributed by atoms with van der Waals surface area (Å²) in [5.74, 6) is 0.0616. The lowest BCUT2D eigenvalue weighted by Gasteiger charge is -2.32. The van der Waals surface area contributed by atoms with Crippen LogP contribution in [0.5, 0.6) is 0 Å². The van der Waals surface area contributed by atoms with Crippen molar-refractivity contribution < 1.29 is 9.59 Å². The van der Waals surface area contributed by atoms with Crippen molar-refractivity contribution in [2.75, 3.05) is 17.2 Å². The average Bonchev–Trinajstić information content (AvgIpc) is 2.98. The average molecular weight is 366 g/mol. The Morgan fingerprint density at radius 2 is 1.67 bits per heavy atom. The summed E-state index contributed by atoms with van der Waals surface area (Å²) in [7, 11) is 0. The molecule has 1 heterocycles. The Labute approximate surface area is 159 Å². The lowest BCUT2D eigenvalue weighted by atomic mass is 10.1. The zero-order valence-electron chi connectivity index (χ0n) is 16.0. The second-order valence-corrected chi connectivity index (χ2v) is 7.79. The number of hydrogen-bond donors (Lipinski definition) is 2. The molecule has 3 rings (SSSR count). The number of nitrogens with one attached hydrogen (secondary N) is 1. The first-order valence-electron chi connectivity index (χ1n) is 9.07. The van der Waals surface area contributed by atoms with Gasteiger partial charge < -0.3 is 16.0 Å². The number of carbonyl (C=O) groups is 2. The van der Waals surface area contributed by atoms with Crippen LogP contribution in [0, 0.1) is 0 Å². The number of urea groups is 1. The molecule has 0 radical (unpaired) electrons. The molecule has 142 valence electrons. The van der Waals surface area contributed by atoms with E-state index < -0.39 is 0 Å². The monoisotopic (exact) mass is 366 g/mol. The maximum Gasteiger partial charge on any atom is 0.326 e. The molecule has 0 aromatic heterocycles. The Hall–Kier alpha value is -3.02. The van der Waals surface area contributed by atoms with E-state index in [-0.39, 0.29) is 23.5 Å². The fourth-order valence-electron chi connectivity index (χ4n) is 3.28. The number of benzene rings is 2. The molecular weight excluding hydrogens is 340 g/mol. The predicted octanol–water partition coefficient (Wildman–Crippen LogP) is 3.52. The van der Waals surface area contributed by atoms with Crippen molar-refractivity contribution in [1.29, 1.82) is 0 Å². The van der Waals surface area contributed by atoms with E-state index >= 15 is 0 Å². The van der Waals surface area contributed by atoms with Crippen LogP contribution < -0.4 is 16.0 Å². The van der Waals surface area contributed by atoms with Crippen LogP contribution in [0.15, 0.2) is 54.6 Å². The van der Waals surface area contributed by atoms with Gasteiger partial charge in [0, 0.05) is 24.2 Å². The van der Waals surface area contributed by atoms with Gasteiger partial charge in [-0.3, -0.25) is 9.69 Å². The van der Waals surface area contributed by atoms with Crippen molar-refractivity contribution >= 4 is 29.0 Å². The summed E-state index contributed by atoms with van der Waals surface area (Å²) < 4.78 is 0. The molecule has 0 aliphatic carbocycles. The highest BCUT2D eigenvalue weighted by Gasteiger charge is 2.37. The molecule has 3 N–H and O–H groups in total. The molecule has 0 spiro atoms. The fourth-order valence-corrected chi connectivity index (χ4v) is 3.28. The summed E-state index contributed by atoms with van der Waals surface area (Å²) in [5, 5.41) is 3.02. The van der Waals surface area contributed by atoms with E-state index in [2.05, 4.69) is 5.32 Å². The fraction of sp³-hybridized carbons (Fsp3) is 0.333. The summed E-state index contributed by atoms with van der Waals surface area (Å²) >= 11 is 0. The minimum Gasteiger partial charge on any atom is -0.399 e. The molecule has 3 amide bonds. The number of likely N-dealkylation sites (tertiary alicyclic amines) is 1. The molecule has 2 aromatic carbocycles. The third-order valence-corrected chi connectivity index (χ3v) is 4.63. The van der Waals surface area contributed by atoms with Crippen molar-refractivity contribution in [1.82, 2.24) is 10.2 Å². The molecule has 1 unspecified atom stereocenters. The van der Waals surface area contributed by atoms with Crippen LogP contribution >= 0.6 is 0 Å². The lowest BCUT2D eigenvalue weighted by molar-refractivity contribution is -0.131. The van der Waals surface area contributed by atoms with Crippen molar-refractivity contribution in [3.8, 4) is 0 Å². The first-order chi connectivity index (χ1) is 12.8. The number of carbonyl (C=O) groups excluding carboxylic acids is 2.